The average Bonchev–Trinajstić information content (AvgIpc) is 2.79. The van der Waals surface area contributed by atoms with Crippen molar-refractivity contribution in [3.8, 4) is 0 Å². The first-order valence-corrected chi connectivity index (χ1v) is 10.5. The van der Waals surface area contributed by atoms with Crippen molar-refractivity contribution in [2.45, 2.75) is 46.0 Å². The van der Waals surface area contributed by atoms with Crippen molar-refractivity contribution < 1.29 is 31.1 Å². The van der Waals surface area contributed by atoms with E-state index in [4.69, 9.17) is 5.73 Å². The van der Waals surface area contributed by atoms with Crippen LogP contribution in [0.25, 0.3) is 5.57 Å². The van der Waals surface area contributed by atoms with Crippen LogP contribution in [0, 0.1) is 0 Å². The molecule has 0 aliphatic heterocycles. The smallest absolute Gasteiger partial charge is 0.366 e. The number of primary amides is 1. The number of hydrogen-bond donors (Lipinski definition) is 1. The Hall–Kier alpha value is -3.50. The van der Waals surface area contributed by atoms with Crippen LogP contribution in [0.4, 0.5) is 26.3 Å². The molecule has 1 aromatic heterocycles. The van der Waals surface area contributed by atoms with E-state index in [0.29, 0.717) is 17.7 Å². The summed E-state index contributed by atoms with van der Waals surface area (Å²) in [6.07, 6.45) is -3.34. The van der Waals surface area contributed by atoms with Gasteiger partial charge < -0.3 is 5.73 Å². The number of aliphatic imine (C=N–C) groups is 2. The first-order chi connectivity index (χ1) is 16.3. The van der Waals surface area contributed by atoms with Crippen LogP contribution in [0.15, 0.2) is 52.6 Å². The number of benzene rings is 1. The molecule has 0 saturated heterocycles. The van der Waals surface area contributed by atoms with E-state index in [1.807, 2.05) is 32.1 Å². The highest BCUT2D eigenvalue weighted by Gasteiger charge is 2.37. The van der Waals surface area contributed by atoms with Gasteiger partial charge in [0.15, 0.2) is 5.84 Å². The summed E-state index contributed by atoms with van der Waals surface area (Å²) in [4.78, 5) is 22.6. The molecule has 0 radical (unpaired) electrons. The number of halogens is 6. The van der Waals surface area contributed by atoms with E-state index in [1.165, 1.54) is 20.2 Å². The average molecular weight is 500 g/mol. The number of allylic oxidation sites excluding steroid dienone is 1. The number of nitrogens with zero attached hydrogens (tertiary/aromatic N) is 3. The van der Waals surface area contributed by atoms with E-state index in [0.717, 1.165) is 24.1 Å². The van der Waals surface area contributed by atoms with Crippen molar-refractivity contribution in [3.63, 3.8) is 0 Å². The van der Waals surface area contributed by atoms with E-state index in [1.54, 1.807) is 6.20 Å². The number of hydrogen-bond acceptors (Lipinski definition) is 3. The van der Waals surface area contributed by atoms with Crippen molar-refractivity contribution in [2.75, 3.05) is 7.05 Å². The van der Waals surface area contributed by atoms with Crippen molar-refractivity contribution in [1.29, 1.82) is 0 Å². The van der Waals surface area contributed by atoms with Gasteiger partial charge in [-0.25, -0.2) is 4.99 Å². The highest BCUT2D eigenvalue weighted by atomic mass is 19.4. The Morgan fingerprint density at radius 1 is 1.00 bits per heavy atom. The second-order valence-corrected chi connectivity index (χ2v) is 7.01. The fourth-order valence-corrected chi connectivity index (χ4v) is 2.87. The second kappa shape index (κ2) is 12.8. The molecule has 1 amide bonds. The molecule has 190 valence electrons. The number of nitrogens with two attached hydrogens (primary N) is 1. The summed E-state index contributed by atoms with van der Waals surface area (Å²) >= 11 is 0. The summed E-state index contributed by atoms with van der Waals surface area (Å²) in [7, 11) is 1.23. The van der Waals surface area contributed by atoms with Crippen LogP contribution in [0.1, 0.15) is 55.1 Å². The maximum absolute atomic E-state index is 12.6. The first-order valence-electron chi connectivity index (χ1n) is 10.5. The number of carbonyl (C=O) groups excluding carboxylic acids is 1. The molecule has 5 nitrogen and oxygen atoms in total. The lowest BCUT2D eigenvalue weighted by Gasteiger charge is -2.13. The topological polar surface area (TPSA) is 80.7 Å². The minimum Gasteiger partial charge on any atom is -0.366 e. The van der Waals surface area contributed by atoms with Crippen molar-refractivity contribution in [3.05, 3.63) is 70.6 Å². The zero-order chi connectivity index (χ0) is 26.8. The standard InChI is InChI=1S/C12H10F6N2.C12H16N2O/c1-3-20-10(19-2)7-4-8(11(13,14)15)6-9(5-7)12(16,17)18;1-3-5-11(12(13)15)9-6-7-14-10(4-2)8-9/h3-6H,1-2H3;5-8H,3-4H2,1-2H3,(H2,13,15)/b;11-5+. The zero-order valence-corrected chi connectivity index (χ0v) is 19.6. The lowest BCUT2D eigenvalue weighted by Crippen LogP contribution is -2.13. The maximum atomic E-state index is 12.6. The van der Waals surface area contributed by atoms with E-state index < -0.39 is 23.5 Å². The van der Waals surface area contributed by atoms with Crippen molar-refractivity contribution in [1.82, 2.24) is 4.98 Å². The van der Waals surface area contributed by atoms with Crippen LogP contribution < -0.4 is 5.73 Å². The number of alkyl halides is 6. The third-order valence-corrected chi connectivity index (χ3v) is 4.47. The Morgan fingerprint density at radius 3 is 1.97 bits per heavy atom. The molecule has 35 heavy (non-hydrogen) atoms. The molecule has 11 heteroatoms. The molecule has 2 N–H and O–H groups in total. The lowest BCUT2D eigenvalue weighted by molar-refractivity contribution is -0.143. The molecule has 0 atom stereocenters. The maximum Gasteiger partial charge on any atom is 0.416 e. The number of rotatable bonds is 5. The lowest BCUT2D eigenvalue weighted by atomic mass is 10.0. The van der Waals surface area contributed by atoms with Crippen LogP contribution >= 0.6 is 0 Å². The quantitative estimate of drug-likeness (QED) is 0.233. The van der Waals surface area contributed by atoms with Gasteiger partial charge in [0.1, 0.15) is 0 Å². The van der Waals surface area contributed by atoms with E-state index >= 15 is 0 Å². The van der Waals surface area contributed by atoms with E-state index in [-0.39, 0.29) is 23.4 Å². The van der Waals surface area contributed by atoms with Gasteiger partial charge in [-0.05, 0) is 55.7 Å². The monoisotopic (exact) mass is 500 g/mol. The number of pyridine rings is 1. The van der Waals surface area contributed by atoms with Gasteiger partial charge >= 0.3 is 12.4 Å². The van der Waals surface area contributed by atoms with Crippen LogP contribution in [0.3, 0.4) is 0 Å². The summed E-state index contributed by atoms with van der Waals surface area (Å²) in [6.45, 7) is 5.48. The summed E-state index contributed by atoms with van der Waals surface area (Å²) in [5.41, 5.74) is 4.60. The molecule has 1 aromatic carbocycles. The molecule has 0 aliphatic carbocycles. The minimum atomic E-state index is -4.88. The summed E-state index contributed by atoms with van der Waals surface area (Å²) in [6, 6.07) is 4.96. The minimum absolute atomic E-state index is 0.0619. The van der Waals surface area contributed by atoms with Gasteiger partial charge in [0, 0.05) is 36.3 Å². The Balaban J connectivity index is 0.000000365. The molecule has 0 spiro atoms. The molecule has 0 unspecified atom stereocenters. The fourth-order valence-electron chi connectivity index (χ4n) is 2.87. The van der Waals surface area contributed by atoms with Crippen LogP contribution in [-0.2, 0) is 23.6 Å². The predicted octanol–water partition coefficient (Wildman–Crippen LogP) is 6.11. The van der Waals surface area contributed by atoms with Gasteiger partial charge in [-0.15, -0.1) is 0 Å². The molecule has 0 fully saturated rings. The zero-order valence-electron chi connectivity index (χ0n) is 19.6. The molecule has 2 rings (SSSR count). The SMILES string of the molecule is CC/C=C(/C(N)=O)c1ccnc(CC)c1.CC=NC(=NC)c1cc(C(F)(F)F)cc(C(F)(F)F)c1. The molecule has 0 aliphatic rings. The van der Waals surface area contributed by atoms with Crippen molar-refractivity contribution in [2.24, 2.45) is 15.7 Å². The Kier molecular flexibility index (Phi) is 10.8. The van der Waals surface area contributed by atoms with Crippen LogP contribution in [0.2, 0.25) is 0 Å². The summed E-state index contributed by atoms with van der Waals surface area (Å²) in [5, 5.41) is 0. The highest BCUT2D eigenvalue weighted by Crippen LogP contribution is 2.36. The normalized spacial score (nSPS) is 13.0. The molecular weight excluding hydrogens is 474 g/mol. The van der Waals surface area contributed by atoms with E-state index in [2.05, 4.69) is 15.0 Å². The number of aromatic nitrogens is 1. The van der Waals surface area contributed by atoms with Gasteiger partial charge in [0.2, 0.25) is 5.91 Å². The fraction of sp³-hybridized carbons (Fsp3) is 0.333. The van der Waals surface area contributed by atoms with Gasteiger partial charge in [-0.2, -0.15) is 26.3 Å². The highest BCUT2D eigenvalue weighted by molar-refractivity contribution is 6.18. The van der Waals surface area contributed by atoms with Gasteiger partial charge in [0.25, 0.3) is 0 Å². The second-order valence-electron chi connectivity index (χ2n) is 7.01. The van der Waals surface area contributed by atoms with Crippen LogP contribution in [0.5, 0.6) is 0 Å². The third-order valence-electron chi connectivity index (χ3n) is 4.47. The summed E-state index contributed by atoms with van der Waals surface area (Å²) < 4.78 is 75.9. The number of amidine groups is 1. The Bertz CT molecular complexity index is 1070. The number of aryl methyl sites for hydroxylation is 1. The molecular formula is C24H26F6N4O. The first kappa shape index (κ1) is 29.5. The molecule has 0 bridgehead atoms. The predicted molar refractivity (Wildman–Crippen MR) is 124 cm³/mol. The molecule has 2 aromatic rings. The van der Waals surface area contributed by atoms with Gasteiger partial charge in [-0.3, -0.25) is 14.8 Å². The molecule has 0 saturated carbocycles. The van der Waals surface area contributed by atoms with Crippen LogP contribution in [-0.4, -0.2) is 30.0 Å². The van der Waals surface area contributed by atoms with Gasteiger partial charge in [-0.1, -0.05) is 19.9 Å². The van der Waals surface area contributed by atoms with Crippen molar-refractivity contribution >= 4 is 23.5 Å². The number of amides is 1. The Labute approximate surface area is 199 Å². The Morgan fingerprint density at radius 2 is 1.57 bits per heavy atom. The molecule has 1 heterocycles. The summed E-state index contributed by atoms with van der Waals surface area (Å²) in [5.74, 6) is -0.589. The third kappa shape index (κ3) is 8.99. The van der Waals surface area contributed by atoms with Gasteiger partial charge in [0.05, 0.1) is 11.1 Å². The largest absolute Gasteiger partial charge is 0.416 e. The number of carbonyl (C=O) groups is 1. The van der Waals surface area contributed by atoms with E-state index in [9.17, 15) is 31.1 Å².